The molecule has 64 valence electrons. The summed E-state index contributed by atoms with van der Waals surface area (Å²) >= 11 is 0. The van der Waals surface area contributed by atoms with Crippen LogP contribution in [-0.4, -0.2) is 13.1 Å². The van der Waals surface area contributed by atoms with Gasteiger partial charge in [0.15, 0.2) is 0 Å². The lowest BCUT2D eigenvalue weighted by atomic mass is 9.57. The van der Waals surface area contributed by atoms with Crippen molar-refractivity contribution in [3.05, 3.63) is 0 Å². The summed E-state index contributed by atoms with van der Waals surface area (Å²) in [6.45, 7) is 4.97. The molecule has 1 heteroatoms. The summed E-state index contributed by atoms with van der Waals surface area (Å²) in [5.74, 6) is 1.02. The van der Waals surface area contributed by atoms with E-state index in [1.807, 2.05) is 0 Å². The van der Waals surface area contributed by atoms with Gasteiger partial charge in [-0.05, 0) is 56.5 Å². The molecule has 1 spiro atoms. The van der Waals surface area contributed by atoms with Crippen LogP contribution in [0.1, 0.15) is 39.0 Å². The van der Waals surface area contributed by atoms with Gasteiger partial charge in [0.05, 0.1) is 0 Å². The quantitative estimate of drug-likeness (QED) is 0.562. The number of hydrogen-bond donors (Lipinski definition) is 1. The Morgan fingerprint density at radius 2 is 2.09 bits per heavy atom. The van der Waals surface area contributed by atoms with E-state index >= 15 is 0 Å². The lowest BCUT2D eigenvalue weighted by Gasteiger charge is -2.48. The third kappa shape index (κ3) is 1.20. The molecule has 0 radical (unpaired) electrons. The molecule has 1 nitrogen and oxygen atoms in total. The van der Waals surface area contributed by atoms with Crippen molar-refractivity contribution < 1.29 is 0 Å². The van der Waals surface area contributed by atoms with E-state index in [0.717, 1.165) is 11.3 Å². The Hall–Kier alpha value is -0.0400. The first-order chi connectivity index (χ1) is 5.33. The van der Waals surface area contributed by atoms with Crippen molar-refractivity contribution >= 4 is 0 Å². The Morgan fingerprint density at radius 1 is 1.18 bits per heavy atom. The van der Waals surface area contributed by atoms with Crippen molar-refractivity contribution in [2.45, 2.75) is 39.0 Å². The highest BCUT2D eigenvalue weighted by molar-refractivity contribution is 4.94. The zero-order valence-electron chi connectivity index (χ0n) is 7.53. The van der Waals surface area contributed by atoms with Crippen LogP contribution in [0.5, 0.6) is 0 Å². The molecule has 2 fully saturated rings. The van der Waals surface area contributed by atoms with Crippen LogP contribution in [0.25, 0.3) is 0 Å². The van der Waals surface area contributed by atoms with E-state index in [1.54, 1.807) is 0 Å². The largest absolute Gasteiger partial charge is 0.317 e. The molecular formula is C10H19N. The second-order valence-electron chi connectivity index (χ2n) is 4.41. The van der Waals surface area contributed by atoms with Crippen molar-refractivity contribution in [1.82, 2.24) is 5.32 Å². The maximum Gasteiger partial charge on any atom is -0.00435 e. The molecule has 1 saturated carbocycles. The van der Waals surface area contributed by atoms with E-state index in [9.17, 15) is 0 Å². The van der Waals surface area contributed by atoms with Crippen LogP contribution in [0.4, 0.5) is 0 Å². The molecule has 1 aliphatic carbocycles. The molecule has 1 saturated heterocycles. The van der Waals surface area contributed by atoms with Gasteiger partial charge < -0.3 is 5.32 Å². The Labute approximate surface area is 69.6 Å². The van der Waals surface area contributed by atoms with Crippen LogP contribution in [0.3, 0.4) is 0 Å². The van der Waals surface area contributed by atoms with Crippen LogP contribution in [0.2, 0.25) is 0 Å². The van der Waals surface area contributed by atoms with Gasteiger partial charge >= 0.3 is 0 Å². The highest BCUT2D eigenvalue weighted by Gasteiger charge is 2.42. The van der Waals surface area contributed by atoms with Crippen LogP contribution >= 0.6 is 0 Å². The van der Waals surface area contributed by atoms with Crippen LogP contribution < -0.4 is 5.32 Å². The molecule has 0 aromatic rings. The van der Waals surface area contributed by atoms with Gasteiger partial charge in [0.1, 0.15) is 0 Å². The molecule has 0 amide bonds. The zero-order valence-corrected chi connectivity index (χ0v) is 7.53. The highest BCUT2D eigenvalue weighted by Crippen LogP contribution is 2.52. The average Bonchev–Trinajstić information content (AvgIpc) is 2.28. The van der Waals surface area contributed by atoms with Crippen molar-refractivity contribution in [1.29, 1.82) is 0 Å². The van der Waals surface area contributed by atoms with Crippen molar-refractivity contribution in [3.63, 3.8) is 0 Å². The molecule has 2 aliphatic rings. The Morgan fingerprint density at radius 3 is 2.73 bits per heavy atom. The van der Waals surface area contributed by atoms with E-state index in [2.05, 4.69) is 12.2 Å². The maximum absolute atomic E-state index is 3.49. The maximum atomic E-state index is 3.49. The number of hydrogen-bond acceptors (Lipinski definition) is 1. The third-order valence-corrected chi connectivity index (χ3v) is 3.95. The van der Waals surface area contributed by atoms with Gasteiger partial charge in [-0.2, -0.15) is 0 Å². The second kappa shape index (κ2) is 2.78. The summed E-state index contributed by atoms with van der Waals surface area (Å²) in [6.07, 6.45) is 7.33. The molecule has 2 rings (SSSR count). The third-order valence-electron chi connectivity index (χ3n) is 3.95. The summed E-state index contributed by atoms with van der Waals surface area (Å²) in [4.78, 5) is 0. The Bertz CT molecular complexity index is 134. The van der Waals surface area contributed by atoms with Crippen LogP contribution in [0.15, 0.2) is 0 Å². The normalized spacial score (nSPS) is 45.0. The predicted octanol–water partition coefficient (Wildman–Crippen LogP) is 2.18. The number of nitrogens with one attached hydrogen (secondary N) is 1. The van der Waals surface area contributed by atoms with Gasteiger partial charge in [0.2, 0.25) is 0 Å². The molecule has 0 bridgehead atoms. The van der Waals surface area contributed by atoms with Crippen molar-refractivity contribution in [2.75, 3.05) is 13.1 Å². The van der Waals surface area contributed by atoms with E-state index in [0.29, 0.717) is 0 Å². The van der Waals surface area contributed by atoms with Gasteiger partial charge in [-0.25, -0.2) is 0 Å². The lowest BCUT2D eigenvalue weighted by Crippen LogP contribution is -2.38. The molecule has 0 aromatic carbocycles. The monoisotopic (exact) mass is 153 g/mol. The molecule has 2 atom stereocenters. The summed E-state index contributed by atoms with van der Waals surface area (Å²) in [5, 5.41) is 3.49. The predicted molar refractivity (Wildman–Crippen MR) is 47.6 cm³/mol. The minimum Gasteiger partial charge on any atom is -0.317 e. The van der Waals surface area contributed by atoms with Crippen molar-refractivity contribution in [3.8, 4) is 0 Å². The van der Waals surface area contributed by atoms with E-state index < -0.39 is 0 Å². The van der Waals surface area contributed by atoms with E-state index in [-0.39, 0.29) is 0 Å². The summed E-state index contributed by atoms with van der Waals surface area (Å²) in [7, 11) is 0. The SMILES string of the molecule is CC1CCC12CCCNCC2. The smallest absolute Gasteiger partial charge is 0.00435 e. The topological polar surface area (TPSA) is 12.0 Å². The second-order valence-corrected chi connectivity index (χ2v) is 4.41. The molecule has 1 heterocycles. The lowest BCUT2D eigenvalue weighted by molar-refractivity contribution is 0.0298. The molecular weight excluding hydrogens is 134 g/mol. The first-order valence-electron chi connectivity index (χ1n) is 5.04. The highest BCUT2D eigenvalue weighted by atomic mass is 14.9. The fraction of sp³-hybridized carbons (Fsp3) is 1.00. The zero-order chi connectivity index (χ0) is 7.73. The standard InChI is InChI=1S/C10H19N/c1-9-3-5-10(9)4-2-7-11-8-6-10/h9,11H,2-8H2,1H3. The number of rotatable bonds is 0. The van der Waals surface area contributed by atoms with Gasteiger partial charge in [-0.1, -0.05) is 6.92 Å². The summed E-state index contributed by atoms with van der Waals surface area (Å²) < 4.78 is 0. The molecule has 11 heavy (non-hydrogen) atoms. The molecule has 1 aliphatic heterocycles. The first-order valence-corrected chi connectivity index (χ1v) is 5.04. The fourth-order valence-corrected chi connectivity index (χ4v) is 2.74. The molecule has 1 N–H and O–H groups in total. The van der Waals surface area contributed by atoms with Crippen LogP contribution in [-0.2, 0) is 0 Å². The van der Waals surface area contributed by atoms with Gasteiger partial charge in [0.25, 0.3) is 0 Å². The van der Waals surface area contributed by atoms with Crippen LogP contribution in [0, 0.1) is 11.3 Å². The van der Waals surface area contributed by atoms with Gasteiger partial charge in [-0.3, -0.25) is 0 Å². The average molecular weight is 153 g/mol. The molecule has 2 unspecified atom stereocenters. The van der Waals surface area contributed by atoms with Gasteiger partial charge in [-0.15, -0.1) is 0 Å². The Balaban J connectivity index is 1.99. The minimum atomic E-state index is 0.781. The Kier molecular flexibility index (Phi) is 1.92. The first kappa shape index (κ1) is 7.60. The fourth-order valence-electron chi connectivity index (χ4n) is 2.74. The van der Waals surface area contributed by atoms with E-state index in [1.165, 1.54) is 45.2 Å². The minimum absolute atomic E-state index is 0.781. The summed E-state index contributed by atoms with van der Waals surface area (Å²) in [6, 6.07) is 0. The van der Waals surface area contributed by atoms with Crippen molar-refractivity contribution in [2.24, 2.45) is 11.3 Å². The van der Waals surface area contributed by atoms with E-state index in [4.69, 9.17) is 0 Å². The summed E-state index contributed by atoms with van der Waals surface area (Å²) in [5.41, 5.74) is 0.781. The molecule has 0 aromatic heterocycles. The van der Waals surface area contributed by atoms with Gasteiger partial charge in [0, 0.05) is 0 Å².